The van der Waals surface area contributed by atoms with Crippen molar-refractivity contribution in [3.8, 4) is 11.5 Å². The number of hydrogen-bond donors (Lipinski definition) is 3. The topological polar surface area (TPSA) is 130 Å². The Morgan fingerprint density at radius 3 is 1.51 bits per heavy atom. The van der Waals surface area contributed by atoms with E-state index in [-0.39, 0.29) is 16.9 Å². The zero-order valence-electron chi connectivity index (χ0n) is 30.6. The van der Waals surface area contributed by atoms with Gasteiger partial charge in [-0.2, -0.15) is 0 Å². The van der Waals surface area contributed by atoms with Gasteiger partial charge in [-0.1, -0.05) is 94.3 Å². The van der Waals surface area contributed by atoms with E-state index in [1.54, 1.807) is 18.2 Å². The molecule has 6 aromatic rings. The molecule has 8 rings (SSSR count). The van der Waals surface area contributed by atoms with Gasteiger partial charge < -0.3 is 20.1 Å². The number of benzene rings is 4. The summed E-state index contributed by atoms with van der Waals surface area (Å²) in [7, 11) is 1.50. The maximum absolute atomic E-state index is 12.1. The molecule has 2 aliphatic carbocycles. The van der Waals surface area contributed by atoms with Gasteiger partial charge in [0.25, 0.3) is 0 Å². The number of nitrogens with zero attached hydrogens (tertiary/aromatic N) is 2. The summed E-state index contributed by atoms with van der Waals surface area (Å²) in [6.07, 6.45) is 9.16. The van der Waals surface area contributed by atoms with Crippen LogP contribution in [0.5, 0.6) is 11.5 Å². The van der Waals surface area contributed by atoms with E-state index in [9.17, 15) is 24.9 Å². The molecule has 2 heterocycles. The fraction of sp³-hybridized carbons (Fsp3) is 0.273. The van der Waals surface area contributed by atoms with Crippen molar-refractivity contribution < 1.29 is 29.6 Å². The molecular weight excluding hydrogens is 850 g/mol. The Bertz CT molecular complexity index is 2380. The zero-order chi connectivity index (χ0) is 39.2. The highest BCUT2D eigenvalue weighted by Gasteiger charge is 2.26. The summed E-state index contributed by atoms with van der Waals surface area (Å²) >= 11 is 14.1. The van der Waals surface area contributed by atoms with Gasteiger partial charge in [-0.15, -0.1) is 0 Å². The van der Waals surface area contributed by atoms with Crippen LogP contribution in [0, 0.1) is 0 Å². The van der Waals surface area contributed by atoms with Crippen molar-refractivity contribution >= 4 is 79.5 Å². The number of rotatable bonds is 7. The summed E-state index contributed by atoms with van der Waals surface area (Å²) in [5.41, 5.74) is 9.40. The van der Waals surface area contributed by atoms with Crippen molar-refractivity contribution in [2.24, 2.45) is 0 Å². The molecule has 0 spiro atoms. The summed E-state index contributed by atoms with van der Waals surface area (Å²) in [6, 6.07) is 22.4. The first-order valence-electron chi connectivity index (χ1n) is 18.1. The lowest BCUT2D eigenvalue weighted by Crippen LogP contribution is -2.11. The average molecular weight is 892 g/mol. The number of alkyl halides is 1. The molecule has 55 heavy (non-hydrogen) atoms. The lowest BCUT2D eigenvalue weighted by Gasteiger charge is -2.20. The first kappa shape index (κ1) is 40.2. The highest BCUT2D eigenvalue weighted by molar-refractivity contribution is 14.1. The number of pyridine rings is 2. The molecule has 8 nitrogen and oxygen atoms in total. The maximum atomic E-state index is 12.1. The molecule has 0 amide bonds. The molecule has 4 aromatic carbocycles. The number of aromatic hydroxyl groups is 1. The van der Waals surface area contributed by atoms with E-state index in [0.717, 1.165) is 73.6 Å². The molecule has 0 bridgehead atoms. The second kappa shape index (κ2) is 18.0. The molecule has 0 saturated carbocycles. The standard InChI is InChI=1S/C22H20ClNO3.C21H18ClNO3.CH3I/c1-27-21-18(12-13-6-9-15(23)10-7-13)24-20-16-5-3-2-4-14(16)8-11-17(20)19(21)22(25)26;22-14-8-5-12(6-9-14)11-17-20(24)18(21(25)26)16-10-7-13-3-1-2-4-15(13)19(16)23-17;1-2/h6-11H,2-5,12H2,1H3,(H,25,26);5-10,24H,1-4,11H2,(H,25,26);1H3. The van der Waals surface area contributed by atoms with E-state index in [1.807, 2.05) is 59.5 Å². The Labute approximate surface area is 343 Å². The van der Waals surface area contributed by atoms with Gasteiger partial charge in [-0.05, 0) is 114 Å². The molecule has 0 unspecified atom stereocenters. The number of aromatic nitrogens is 2. The van der Waals surface area contributed by atoms with Crippen LogP contribution < -0.4 is 4.74 Å². The molecular formula is C44H41Cl2IN2O6. The van der Waals surface area contributed by atoms with Gasteiger partial charge >= 0.3 is 11.9 Å². The molecule has 0 saturated heterocycles. The van der Waals surface area contributed by atoms with Crippen LogP contribution in [0.4, 0.5) is 0 Å². The van der Waals surface area contributed by atoms with Crippen LogP contribution in [0.25, 0.3) is 21.8 Å². The van der Waals surface area contributed by atoms with Gasteiger partial charge in [-0.3, -0.25) is 0 Å². The van der Waals surface area contributed by atoms with Gasteiger partial charge in [0.2, 0.25) is 0 Å². The van der Waals surface area contributed by atoms with Gasteiger partial charge in [0.15, 0.2) is 11.5 Å². The Balaban J connectivity index is 0.000000179. The van der Waals surface area contributed by atoms with Crippen molar-refractivity contribution in [3.05, 3.63) is 139 Å². The van der Waals surface area contributed by atoms with Gasteiger partial charge in [-0.25, -0.2) is 19.6 Å². The van der Waals surface area contributed by atoms with Gasteiger partial charge in [0.05, 0.1) is 29.5 Å². The van der Waals surface area contributed by atoms with Crippen molar-refractivity contribution in [1.29, 1.82) is 0 Å². The largest absolute Gasteiger partial charge is 0.505 e. The van der Waals surface area contributed by atoms with Gasteiger partial charge in [0, 0.05) is 33.7 Å². The third kappa shape index (κ3) is 8.69. The number of halogens is 3. The maximum Gasteiger partial charge on any atom is 0.340 e. The van der Waals surface area contributed by atoms with Crippen molar-refractivity contribution in [2.75, 3.05) is 12.0 Å². The monoisotopic (exact) mass is 890 g/mol. The highest BCUT2D eigenvalue weighted by atomic mass is 127. The lowest BCUT2D eigenvalue weighted by atomic mass is 9.88. The van der Waals surface area contributed by atoms with E-state index < -0.39 is 11.9 Å². The molecule has 3 N–H and O–H groups in total. The number of carbonyl (C=O) groups is 2. The number of methoxy groups -OCH3 is 1. The Morgan fingerprint density at radius 1 is 0.636 bits per heavy atom. The SMILES string of the molecule is CI.COc1c(Cc2ccc(Cl)cc2)nc2c3c(ccc2c1C(=O)O)CCCC3.O=C(O)c1c(O)c(Cc2ccc(Cl)cc2)nc2c3c(ccc12)CCCC3. The van der Waals surface area contributed by atoms with E-state index in [1.165, 1.54) is 23.8 Å². The molecule has 11 heteroatoms. The Kier molecular flexibility index (Phi) is 13.2. The number of carboxylic acid groups (broad SMARTS) is 2. The number of ether oxygens (including phenoxy) is 1. The van der Waals surface area contributed by atoms with E-state index in [2.05, 4.69) is 22.6 Å². The fourth-order valence-electron chi connectivity index (χ4n) is 7.67. The minimum Gasteiger partial charge on any atom is -0.505 e. The lowest BCUT2D eigenvalue weighted by molar-refractivity contribution is 0.0684. The van der Waals surface area contributed by atoms with Crippen LogP contribution >= 0.6 is 45.8 Å². The predicted molar refractivity (Wildman–Crippen MR) is 227 cm³/mol. The Morgan fingerprint density at radius 2 is 1.05 bits per heavy atom. The minimum absolute atomic E-state index is 0.0627. The van der Waals surface area contributed by atoms with Crippen LogP contribution in [0.1, 0.15) is 91.2 Å². The third-order valence-corrected chi connectivity index (χ3v) is 10.7. The third-order valence-electron chi connectivity index (χ3n) is 10.2. The van der Waals surface area contributed by atoms with Crippen LogP contribution in [0.2, 0.25) is 10.0 Å². The predicted octanol–water partition coefficient (Wildman–Crippen LogP) is 10.9. The van der Waals surface area contributed by atoms with Crippen LogP contribution in [-0.2, 0) is 38.5 Å². The van der Waals surface area contributed by atoms with Crippen molar-refractivity contribution in [3.63, 3.8) is 0 Å². The van der Waals surface area contributed by atoms with Crippen molar-refractivity contribution in [2.45, 2.75) is 64.2 Å². The summed E-state index contributed by atoms with van der Waals surface area (Å²) in [5, 5.41) is 32.7. The highest BCUT2D eigenvalue weighted by Crippen LogP contribution is 2.37. The average Bonchev–Trinajstić information content (AvgIpc) is 3.20. The number of fused-ring (bicyclic) bond motifs is 6. The molecule has 2 aromatic heterocycles. The summed E-state index contributed by atoms with van der Waals surface area (Å²) < 4.78 is 5.52. The van der Waals surface area contributed by atoms with Crippen LogP contribution in [0.3, 0.4) is 0 Å². The number of aromatic carboxylic acids is 2. The van der Waals surface area contributed by atoms with E-state index in [0.29, 0.717) is 56.3 Å². The smallest absolute Gasteiger partial charge is 0.340 e. The molecule has 2 aliphatic rings. The number of carboxylic acids is 2. The molecule has 0 aliphatic heterocycles. The quantitative estimate of drug-likeness (QED) is 0.107. The molecule has 0 radical (unpaired) electrons. The summed E-state index contributed by atoms with van der Waals surface area (Å²) in [5.74, 6) is -2.05. The summed E-state index contributed by atoms with van der Waals surface area (Å²) in [6.45, 7) is 0. The molecule has 0 fully saturated rings. The Hall–Kier alpha value is -4.45. The first-order chi connectivity index (χ1) is 26.6. The second-order valence-electron chi connectivity index (χ2n) is 13.6. The van der Waals surface area contributed by atoms with Crippen molar-refractivity contribution in [1.82, 2.24) is 9.97 Å². The normalized spacial score (nSPS) is 13.1. The van der Waals surface area contributed by atoms with E-state index in [4.69, 9.17) is 37.9 Å². The fourth-order valence-corrected chi connectivity index (χ4v) is 7.92. The van der Waals surface area contributed by atoms with Crippen LogP contribution in [-0.4, -0.2) is 49.3 Å². The minimum atomic E-state index is -1.14. The summed E-state index contributed by atoms with van der Waals surface area (Å²) in [4.78, 5) is 35.5. The van der Waals surface area contributed by atoms with E-state index >= 15 is 0 Å². The van der Waals surface area contributed by atoms with Crippen LogP contribution in [0.15, 0.2) is 72.8 Å². The number of hydrogen-bond acceptors (Lipinski definition) is 6. The number of aryl methyl sites for hydroxylation is 4. The zero-order valence-corrected chi connectivity index (χ0v) is 34.3. The van der Waals surface area contributed by atoms with Gasteiger partial charge in [0.1, 0.15) is 11.1 Å². The molecule has 284 valence electrons. The first-order valence-corrected chi connectivity index (χ1v) is 21.0. The second-order valence-corrected chi connectivity index (χ2v) is 14.5. The molecule has 0 atom stereocenters.